The number of pyridine rings is 1. The molecule has 8 heteroatoms. The van der Waals surface area contributed by atoms with Gasteiger partial charge in [-0.2, -0.15) is 0 Å². The molecule has 0 spiro atoms. The van der Waals surface area contributed by atoms with Gasteiger partial charge in [-0.1, -0.05) is 6.07 Å². The van der Waals surface area contributed by atoms with E-state index in [-0.39, 0.29) is 35.6 Å². The minimum Gasteiger partial charge on any atom is -0.453 e. The van der Waals surface area contributed by atoms with Crippen LogP contribution in [0.15, 0.2) is 30.5 Å². The molecular weight excluding hydrogens is 356 g/mol. The minimum absolute atomic E-state index is 0.0889. The molecule has 0 aliphatic carbocycles. The Morgan fingerprint density at radius 2 is 2.08 bits per heavy atom. The summed E-state index contributed by atoms with van der Waals surface area (Å²) in [7, 11) is -3.02. The summed E-state index contributed by atoms with van der Waals surface area (Å²) in [5.41, 5.74) is 2.11. The molecule has 0 N–H and O–H groups in total. The van der Waals surface area contributed by atoms with Crippen LogP contribution in [0, 0.1) is 13.8 Å². The standard InChI is InChI=1S/C18H20N2O5S/c1-12-9-15(13(2)20(12)14-6-8-26(23,24)11-14)17(21)10-25-18(22)16-5-3-4-7-19-16/h3-5,7,9,14H,6,8,10-11H2,1-2H3/t14-/m1/s1. The van der Waals surface area contributed by atoms with E-state index in [9.17, 15) is 18.0 Å². The summed E-state index contributed by atoms with van der Waals surface area (Å²) in [6.45, 7) is 3.24. The molecule has 26 heavy (non-hydrogen) atoms. The monoisotopic (exact) mass is 376 g/mol. The summed E-state index contributed by atoms with van der Waals surface area (Å²) in [6.07, 6.45) is 2.02. The molecule has 2 aromatic heterocycles. The van der Waals surface area contributed by atoms with Gasteiger partial charge in [0, 0.05) is 29.2 Å². The number of carbonyl (C=O) groups excluding carboxylic acids is 2. The molecule has 1 aliphatic heterocycles. The number of carbonyl (C=O) groups is 2. The third-order valence-electron chi connectivity index (χ3n) is 4.57. The number of esters is 1. The Hall–Kier alpha value is -2.48. The molecule has 0 amide bonds. The molecule has 7 nitrogen and oxygen atoms in total. The molecule has 1 saturated heterocycles. The Balaban J connectivity index is 1.72. The van der Waals surface area contributed by atoms with Gasteiger partial charge < -0.3 is 9.30 Å². The zero-order chi connectivity index (χ0) is 18.9. The van der Waals surface area contributed by atoms with Crippen LogP contribution in [0.1, 0.15) is 44.7 Å². The summed E-state index contributed by atoms with van der Waals surface area (Å²) in [4.78, 5) is 28.3. The number of aryl methyl sites for hydroxylation is 1. The van der Waals surface area contributed by atoms with Crippen LogP contribution in [0.3, 0.4) is 0 Å². The first-order valence-electron chi connectivity index (χ1n) is 8.29. The Bertz CT molecular complexity index is 947. The molecule has 0 radical (unpaired) electrons. The molecular formula is C18H20N2O5S. The molecule has 0 unspecified atom stereocenters. The average molecular weight is 376 g/mol. The lowest BCUT2D eigenvalue weighted by molar-refractivity contribution is 0.0468. The van der Waals surface area contributed by atoms with Gasteiger partial charge in [-0.3, -0.25) is 4.79 Å². The van der Waals surface area contributed by atoms with Crippen molar-refractivity contribution in [2.75, 3.05) is 18.1 Å². The Labute approximate surface area is 151 Å². The quantitative estimate of drug-likeness (QED) is 0.584. The van der Waals surface area contributed by atoms with Crippen LogP contribution in [0.4, 0.5) is 0 Å². The highest BCUT2D eigenvalue weighted by atomic mass is 32.2. The van der Waals surface area contributed by atoms with Crippen molar-refractivity contribution in [3.8, 4) is 0 Å². The zero-order valence-corrected chi connectivity index (χ0v) is 15.5. The second kappa shape index (κ2) is 7.03. The van der Waals surface area contributed by atoms with Crippen molar-refractivity contribution >= 4 is 21.6 Å². The SMILES string of the molecule is Cc1cc(C(=O)COC(=O)c2ccccn2)c(C)n1[C@@H]1CCS(=O)(=O)C1. The van der Waals surface area contributed by atoms with Gasteiger partial charge in [0.15, 0.2) is 16.4 Å². The number of rotatable bonds is 5. The lowest BCUT2D eigenvalue weighted by atomic mass is 10.1. The van der Waals surface area contributed by atoms with Gasteiger partial charge >= 0.3 is 5.97 Å². The van der Waals surface area contributed by atoms with Crippen molar-refractivity contribution in [1.29, 1.82) is 0 Å². The van der Waals surface area contributed by atoms with Crippen LogP contribution in [-0.4, -0.2) is 47.8 Å². The van der Waals surface area contributed by atoms with Gasteiger partial charge in [0.1, 0.15) is 5.69 Å². The third kappa shape index (κ3) is 3.70. The van der Waals surface area contributed by atoms with Gasteiger partial charge in [0.05, 0.1) is 11.5 Å². The third-order valence-corrected chi connectivity index (χ3v) is 6.32. The molecule has 0 aromatic carbocycles. The van der Waals surface area contributed by atoms with Crippen LogP contribution in [0.5, 0.6) is 0 Å². The number of hydrogen-bond donors (Lipinski definition) is 0. The number of sulfone groups is 1. The van der Waals surface area contributed by atoms with E-state index in [1.165, 1.54) is 12.3 Å². The Morgan fingerprint density at radius 1 is 1.31 bits per heavy atom. The normalized spacial score (nSPS) is 18.6. The first-order chi connectivity index (χ1) is 12.3. The molecule has 138 valence electrons. The highest BCUT2D eigenvalue weighted by Gasteiger charge is 2.31. The Kier molecular flexibility index (Phi) is 4.95. The fourth-order valence-electron chi connectivity index (χ4n) is 3.37. The van der Waals surface area contributed by atoms with Crippen molar-refractivity contribution < 1.29 is 22.7 Å². The molecule has 3 rings (SSSR count). The first-order valence-corrected chi connectivity index (χ1v) is 10.1. The van der Waals surface area contributed by atoms with Gasteiger partial charge in [-0.05, 0) is 38.5 Å². The van der Waals surface area contributed by atoms with E-state index in [1.807, 2.05) is 11.5 Å². The first kappa shape index (κ1) is 18.3. The van der Waals surface area contributed by atoms with Crippen molar-refractivity contribution in [2.45, 2.75) is 26.3 Å². The largest absolute Gasteiger partial charge is 0.453 e. The van der Waals surface area contributed by atoms with Crippen LogP contribution >= 0.6 is 0 Å². The zero-order valence-electron chi connectivity index (χ0n) is 14.6. The molecule has 1 atom stereocenters. The lowest BCUT2D eigenvalue weighted by Gasteiger charge is -2.16. The fraction of sp³-hybridized carbons (Fsp3) is 0.389. The summed E-state index contributed by atoms with van der Waals surface area (Å²) in [6, 6.07) is 6.42. The Morgan fingerprint density at radius 3 is 2.69 bits per heavy atom. The summed E-state index contributed by atoms with van der Waals surface area (Å²) >= 11 is 0. The van der Waals surface area contributed by atoms with Gasteiger partial charge in [0.2, 0.25) is 5.78 Å². The number of ketones is 1. The van der Waals surface area contributed by atoms with Crippen LogP contribution in [-0.2, 0) is 14.6 Å². The summed E-state index contributed by atoms with van der Waals surface area (Å²) < 4.78 is 30.4. The predicted octanol–water partition coefficient (Wildman–Crippen LogP) is 1.90. The van der Waals surface area contributed by atoms with Crippen LogP contribution < -0.4 is 0 Å². The lowest BCUT2D eigenvalue weighted by Crippen LogP contribution is -2.17. The highest BCUT2D eigenvalue weighted by Crippen LogP contribution is 2.29. The van der Waals surface area contributed by atoms with E-state index in [0.29, 0.717) is 17.7 Å². The number of aromatic nitrogens is 2. The number of ether oxygens (including phenoxy) is 1. The maximum absolute atomic E-state index is 12.5. The molecule has 0 saturated carbocycles. The highest BCUT2D eigenvalue weighted by molar-refractivity contribution is 7.91. The summed E-state index contributed by atoms with van der Waals surface area (Å²) in [5.74, 6) is -0.727. The van der Waals surface area contributed by atoms with Gasteiger partial charge in [-0.25, -0.2) is 18.2 Å². The van der Waals surface area contributed by atoms with E-state index in [4.69, 9.17) is 4.74 Å². The molecule has 0 bridgehead atoms. The second-order valence-corrected chi connectivity index (χ2v) is 8.65. The van der Waals surface area contributed by atoms with Crippen molar-refractivity contribution in [1.82, 2.24) is 9.55 Å². The minimum atomic E-state index is -3.02. The second-order valence-electron chi connectivity index (χ2n) is 6.43. The predicted molar refractivity (Wildman–Crippen MR) is 95.1 cm³/mol. The number of nitrogens with zero attached hydrogens (tertiary/aromatic N) is 2. The maximum atomic E-state index is 12.5. The molecule has 1 fully saturated rings. The van der Waals surface area contributed by atoms with Gasteiger partial charge in [0.25, 0.3) is 0 Å². The van der Waals surface area contributed by atoms with E-state index in [0.717, 1.165) is 5.69 Å². The molecule has 1 aliphatic rings. The van der Waals surface area contributed by atoms with E-state index in [2.05, 4.69) is 4.98 Å². The number of Topliss-reactive ketones (excluding diaryl/α,β-unsaturated/α-hetero) is 1. The maximum Gasteiger partial charge on any atom is 0.357 e. The van der Waals surface area contributed by atoms with E-state index in [1.54, 1.807) is 25.1 Å². The smallest absolute Gasteiger partial charge is 0.357 e. The number of hydrogen-bond acceptors (Lipinski definition) is 6. The molecule has 2 aromatic rings. The van der Waals surface area contributed by atoms with Crippen LogP contribution in [0.2, 0.25) is 0 Å². The summed E-state index contributed by atoms with van der Waals surface area (Å²) in [5, 5.41) is 0. The van der Waals surface area contributed by atoms with Crippen LogP contribution in [0.25, 0.3) is 0 Å². The van der Waals surface area contributed by atoms with Gasteiger partial charge in [-0.15, -0.1) is 0 Å². The average Bonchev–Trinajstić information content (AvgIpc) is 3.11. The van der Waals surface area contributed by atoms with Crippen molar-refractivity contribution in [3.05, 3.63) is 53.1 Å². The van der Waals surface area contributed by atoms with Crippen molar-refractivity contribution in [3.63, 3.8) is 0 Å². The van der Waals surface area contributed by atoms with E-state index < -0.39 is 15.8 Å². The topological polar surface area (TPSA) is 95.3 Å². The van der Waals surface area contributed by atoms with Crippen molar-refractivity contribution in [2.24, 2.45) is 0 Å². The van der Waals surface area contributed by atoms with E-state index >= 15 is 0 Å². The molecule has 3 heterocycles. The fourth-order valence-corrected chi connectivity index (χ4v) is 5.07.